The van der Waals surface area contributed by atoms with Gasteiger partial charge < -0.3 is 9.80 Å². The van der Waals surface area contributed by atoms with Crippen molar-refractivity contribution in [2.75, 3.05) is 31.1 Å². The smallest absolute Gasteiger partial charge is 0.274 e. The lowest BCUT2D eigenvalue weighted by Crippen LogP contribution is -2.49. The van der Waals surface area contributed by atoms with E-state index in [1.54, 1.807) is 12.1 Å². The van der Waals surface area contributed by atoms with Crippen LogP contribution in [0.3, 0.4) is 0 Å². The van der Waals surface area contributed by atoms with Crippen molar-refractivity contribution < 1.29 is 4.79 Å². The fraction of sp³-hybridized carbons (Fsp3) is 0.261. The molecule has 4 rings (SSSR count). The highest BCUT2D eigenvalue weighted by Crippen LogP contribution is 2.24. The van der Waals surface area contributed by atoms with Crippen molar-refractivity contribution in [3.05, 3.63) is 87.8 Å². The van der Waals surface area contributed by atoms with Crippen LogP contribution in [0.5, 0.6) is 0 Å². The van der Waals surface area contributed by atoms with E-state index in [0.717, 1.165) is 13.1 Å². The Balaban J connectivity index is 1.50. The maximum atomic E-state index is 13.0. The number of carbonyl (C=O) groups excluding carboxylic acids is 1. The molecule has 0 bridgehead atoms. The minimum Gasteiger partial charge on any atom is -0.368 e. The highest BCUT2D eigenvalue weighted by Gasteiger charge is 2.24. The lowest BCUT2D eigenvalue weighted by atomic mass is 10.1. The van der Waals surface area contributed by atoms with Crippen LogP contribution in [0.1, 0.15) is 21.6 Å². The summed E-state index contributed by atoms with van der Waals surface area (Å²) in [6.07, 6.45) is 0. The standard InChI is InChI=1S/C23H24N4O2/c1-17-7-6-10-21(18(17)2)25-13-15-26(16-14-25)23(29)20-11-12-22(28)27(24-20)19-8-4-3-5-9-19/h3-12H,13-16H2,1-2H3. The van der Waals surface area contributed by atoms with Crippen LogP contribution in [0.4, 0.5) is 5.69 Å². The average molecular weight is 388 g/mol. The number of para-hydroxylation sites is 1. The summed E-state index contributed by atoms with van der Waals surface area (Å²) in [7, 11) is 0. The lowest BCUT2D eigenvalue weighted by Gasteiger charge is -2.37. The molecule has 2 aromatic carbocycles. The van der Waals surface area contributed by atoms with E-state index in [0.29, 0.717) is 18.8 Å². The van der Waals surface area contributed by atoms with Gasteiger partial charge in [0.2, 0.25) is 0 Å². The van der Waals surface area contributed by atoms with Crippen molar-refractivity contribution in [1.29, 1.82) is 0 Å². The molecule has 148 valence electrons. The van der Waals surface area contributed by atoms with Crippen LogP contribution in [0.25, 0.3) is 5.69 Å². The normalized spacial score (nSPS) is 14.1. The number of aromatic nitrogens is 2. The first kappa shape index (κ1) is 18.9. The number of piperazine rings is 1. The molecule has 3 aromatic rings. The summed E-state index contributed by atoms with van der Waals surface area (Å²) < 4.78 is 1.28. The van der Waals surface area contributed by atoms with Crippen molar-refractivity contribution in [1.82, 2.24) is 14.7 Å². The van der Waals surface area contributed by atoms with E-state index in [1.807, 2.05) is 23.1 Å². The van der Waals surface area contributed by atoms with Crippen LogP contribution in [0.2, 0.25) is 0 Å². The molecule has 0 unspecified atom stereocenters. The van der Waals surface area contributed by atoms with Gasteiger partial charge in [-0.05, 0) is 49.2 Å². The zero-order valence-corrected chi connectivity index (χ0v) is 16.7. The Morgan fingerprint density at radius 2 is 1.59 bits per heavy atom. The monoisotopic (exact) mass is 388 g/mol. The first-order valence-electron chi connectivity index (χ1n) is 9.81. The van der Waals surface area contributed by atoms with E-state index in [1.165, 1.54) is 33.6 Å². The maximum Gasteiger partial charge on any atom is 0.274 e. The number of hydrogen-bond acceptors (Lipinski definition) is 4. The Labute approximate surface area is 170 Å². The summed E-state index contributed by atoms with van der Waals surface area (Å²) in [5.41, 5.74) is 4.46. The van der Waals surface area contributed by atoms with Gasteiger partial charge in [0, 0.05) is 37.9 Å². The molecule has 29 heavy (non-hydrogen) atoms. The number of amides is 1. The molecule has 0 radical (unpaired) electrons. The van der Waals surface area contributed by atoms with E-state index in [4.69, 9.17) is 0 Å². The largest absolute Gasteiger partial charge is 0.368 e. The summed E-state index contributed by atoms with van der Waals surface area (Å²) in [4.78, 5) is 29.3. The number of nitrogens with zero attached hydrogens (tertiary/aromatic N) is 4. The second kappa shape index (κ2) is 7.91. The molecule has 0 N–H and O–H groups in total. The highest BCUT2D eigenvalue weighted by molar-refractivity contribution is 5.92. The molecular weight excluding hydrogens is 364 g/mol. The molecule has 2 heterocycles. The average Bonchev–Trinajstić information content (AvgIpc) is 2.76. The fourth-order valence-electron chi connectivity index (χ4n) is 3.67. The number of benzene rings is 2. The van der Waals surface area contributed by atoms with Crippen molar-refractivity contribution >= 4 is 11.6 Å². The van der Waals surface area contributed by atoms with Crippen molar-refractivity contribution in [2.24, 2.45) is 0 Å². The van der Waals surface area contributed by atoms with Gasteiger partial charge in [-0.3, -0.25) is 9.59 Å². The SMILES string of the molecule is Cc1cccc(N2CCN(C(=O)c3ccc(=O)n(-c4ccccc4)n3)CC2)c1C. The number of aryl methyl sites for hydroxylation is 1. The van der Waals surface area contributed by atoms with Gasteiger partial charge in [-0.2, -0.15) is 9.78 Å². The van der Waals surface area contributed by atoms with Gasteiger partial charge >= 0.3 is 0 Å². The molecule has 1 aromatic heterocycles. The van der Waals surface area contributed by atoms with Crippen molar-refractivity contribution in [2.45, 2.75) is 13.8 Å². The summed E-state index contributed by atoms with van der Waals surface area (Å²) in [5, 5.41) is 4.32. The molecule has 1 saturated heterocycles. The minimum atomic E-state index is -0.257. The van der Waals surface area contributed by atoms with Crippen LogP contribution >= 0.6 is 0 Å². The highest BCUT2D eigenvalue weighted by atomic mass is 16.2. The minimum absolute atomic E-state index is 0.143. The topological polar surface area (TPSA) is 58.4 Å². The van der Waals surface area contributed by atoms with E-state index in [2.05, 4.69) is 42.0 Å². The summed E-state index contributed by atoms with van der Waals surface area (Å²) >= 11 is 0. The van der Waals surface area contributed by atoms with Crippen molar-refractivity contribution in [3.63, 3.8) is 0 Å². The maximum absolute atomic E-state index is 13.0. The predicted molar refractivity (Wildman–Crippen MR) is 114 cm³/mol. The van der Waals surface area contributed by atoms with Gasteiger partial charge in [0.25, 0.3) is 11.5 Å². The third-order valence-electron chi connectivity index (χ3n) is 5.50. The van der Waals surface area contributed by atoms with E-state index >= 15 is 0 Å². The Hall–Kier alpha value is -3.41. The quantitative estimate of drug-likeness (QED) is 0.692. The number of carbonyl (C=O) groups is 1. The summed E-state index contributed by atoms with van der Waals surface area (Å²) in [5.74, 6) is -0.143. The number of hydrogen-bond donors (Lipinski definition) is 0. The third kappa shape index (κ3) is 3.78. The lowest BCUT2D eigenvalue weighted by molar-refractivity contribution is 0.0738. The van der Waals surface area contributed by atoms with Crippen LogP contribution in [0.15, 0.2) is 65.5 Å². The van der Waals surface area contributed by atoms with Gasteiger partial charge in [0.1, 0.15) is 5.69 Å². The van der Waals surface area contributed by atoms with Crippen molar-refractivity contribution in [3.8, 4) is 5.69 Å². The Morgan fingerprint density at radius 3 is 2.31 bits per heavy atom. The van der Waals surface area contributed by atoms with Gasteiger partial charge in [-0.25, -0.2) is 0 Å². The van der Waals surface area contributed by atoms with Gasteiger partial charge in [0.15, 0.2) is 0 Å². The molecule has 0 aliphatic carbocycles. The summed E-state index contributed by atoms with van der Waals surface area (Å²) in [6, 6.07) is 18.4. The van der Waals surface area contributed by atoms with Gasteiger partial charge in [-0.15, -0.1) is 0 Å². The van der Waals surface area contributed by atoms with Crippen LogP contribution in [-0.4, -0.2) is 46.8 Å². The Morgan fingerprint density at radius 1 is 0.862 bits per heavy atom. The Bertz CT molecular complexity index is 1080. The molecule has 1 aliphatic heterocycles. The zero-order valence-electron chi connectivity index (χ0n) is 16.7. The van der Waals surface area contributed by atoms with Crippen LogP contribution in [-0.2, 0) is 0 Å². The second-order valence-electron chi connectivity index (χ2n) is 7.30. The first-order chi connectivity index (χ1) is 14.0. The molecule has 6 nitrogen and oxygen atoms in total. The molecule has 0 atom stereocenters. The molecule has 1 aliphatic rings. The zero-order chi connectivity index (χ0) is 20.4. The molecule has 1 fully saturated rings. The molecule has 6 heteroatoms. The first-order valence-corrected chi connectivity index (χ1v) is 9.81. The Kier molecular flexibility index (Phi) is 5.16. The predicted octanol–water partition coefficient (Wildman–Crippen LogP) is 2.81. The fourth-order valence-corrected chi connectivity index (χ4v) is 3.67. The van der Waals surface area contributed by atoms with Crippen LogP contribution < -0.4 is 10.5 Å². The molecule has 1 amide bonds. The van der Waals surface area contributed by atoms with E-state index in [9.17, 15) is 9.59 Å². The van der Waals surface area contributed by atoms with Gasteiger partial charge in [-0.1, -0.05) is 30.3 Å². The molecule has 0 saturated carbocycles. The van der Waals surface area contributed by atoms with E-state index < -0.39 is 0 Å². The van der Waals surface area contributed by atoms with Gasteiger partial charge in [0.05, 0.1) is 5.69 Å². The van der Waals surface area contributed by atoms with Crippen LogP contribution in [0, 0.1) is 13.8 Å². The molecule has 0 spiro atoms. The second-order valence-corrected chi connectivity index (χ2v) is 7.30. The van der Waals surface area contributed by atoms with E-state index in [-0.39, 0.29) is 17.2 Å². The number of anilines is 1. The third-order valence-corrected chi connectivity index (χ3v) is 5.50. The molecular formula is C23H24N4O2. The number of rotatable bonds is 3. The summed E-state index contributed by atoms with van der Waals surface area (Å²) in [6.45, 7) is 7.05.